The number of anilines is 1. The lowest BCUT2D eigenvalue weighted by atomic mass is 9.79. The van der Waals surface area contributed by atoms with Crippen LogP contribution < -0.4 is 19.1 Å². The van der Waals surface area contributed by atoms with Gasteiger partial charge in [-0.1, -0.05) is 32.4 Å². The monoisotopic (exact) mass is 838 g/mol. The van der Waals surface area contributed by atoms with E-state index in [9.17, 15) is 27.2 Å². The molecule has 3 fully saturated rings. The van der Waals surface area contributed by atoms with E-state index in [1.807, 2.05) is 44.3 Å². The molecular weight excluding hydrogens is 780 g/mol. The first kappa shape index (κ1) is 42.8. The summed E-state index contributed by atoms with van der Waals surface area (Å²) in [7, 11) is -2.34. The highest BCUT2D eigenvalue weighted by atomic mass is 32.2. The smallest absolute Gasteiger partial charge is 0.307 e. The molecule has 7 rings (SSSR count). The number of pyridine rings is 1. The fourth-order valence-electron chi connectivity index (χ4n) is 9.36. The number of Topliss-reactive ketones (excluding diaryl/α,β-unsaturated/α-hetero) is 1. The van der Waals surface area contributed by atoms with Gasteiger partial charge in [-0.3, -0.25) is 23.9 Å². The average molecular weight is 839 g/mol. The van der Waals surface area contributed by atoms with Crippen molar-refractivity contribution in [1.82, 2.24) is 14.6 Å². The van der Waals surface area contributed by atoms with E-state index >= 15 is 4.79 Å². The first-order valence-corrected chi connectivity index (χ1v) is 22.7. The minimum Gasteiger partial charge on any atom is -0.489 e. The predicted molar refractivity (Wildman–Crippen MR) is 220 cm³/mol. The highest BCUT2D eigenvalue weighted by Gasteiger charge is 2.63. The molecule has 2 aliphatic carbocycles. The molecule has 59 heavy (non-hydrogen) atoms. The Morgan fingerprint density at radius 2 is 1.88 bits per heavy atom. The van der Waals surface area contributed by atoms with Gasteiger partial charge in [-0.05, 0) is 95.2 Å². The number of hydrogen-bond donors (Lipinski definition) is 1. The Hall–Kier alpha value is -4.27. The van der Waals surface area contributed by atoms with Gasteiger partial charge in [-0.15, -0.1) is 0 Å². The lowest BCUT2D eigenvalue weighted by Crippen LogP contribution is -2.48. The topological polar surface area (TPSA) is 162 Å². The van der Waals surface area contributed by atoms with Crippen molar-refractivity contribution in [2.24, 2.45) is 29.1 Å². The maximum Gasteiger partial charge on any atom is 0.307 e. The molecule has 2 amide bonds. The van der Waals surface area contributed by atoms with E-state index in [4.69, 9.17) is 14.2 Å². The lowest BCUT2D eigenvalue weighted by molar-refractivity contribution is -0.160. The number of aromatic nitrogens is 1. The van der Waals surface area contributed by atoms with Crippen LogP contribution in [-0.4, -0.2) is 97.8 Å². The number of alkyl halides is 1. The van der Waals surface area contributed by atoms with Crippen LogP contribution in [0.15, 0.2) is 36.5 Å². The number of esters is 1. The molecule has 1 saturated heterocycles. The van der Waals surface area contributed by atoms with Gasteiger partial charge in [0, 0.05) is 36.9 Å². The molecule has 1 aromatic carbocycles. The van der Waals surface area contributed by atoms with Crippen LogP contribution in [-0.2, 0) is 33.9 Å². The molecule has 0 unspecified atom stereocenters. The van der Waals surface area contributed by atoms with E-state index in [2.05, 4.69) is 21.5 Å². The molecule has 1 N–H and O–H groups in total. The van der Waals surface area contributed by atoms with Crippen LogP contribution >= 0.6 is 0 Å². The van der Waals surface area contributed by atoms with Gasteiger partial charge in [0.05, 0.1) is 42.6 Å². The van der Waals surface area contributed by atoms with Crippen molar-refractivity contribution in [2.45, 2.75) is 121 Å². The van der Waals surface area contributed by atoms with Gasteiger partial charge in [-0.25, -0.2) is 17.8 Å². The number of benzene rings is 1. The Bertz CT molecular complexity index is 2120. The molecule has 2 aromatic rings. The highest BCUT2D eigenvalue weighted by molar-refractivity contribution is 7.91. The third-order valence-electron chi connectivity index (χ3n) is 13.2. The number of amides is 2. The van der Waals surface area contributed by atoms with E-state index in [1.54, 1.807) is 27.0 Å². The largest absolute Gasteiger partial charge is 0.489 e. The van der Waals surface area contributed by atoms with E-state index in [0.717, 1.165) is 29.8 Å². The van der Waals surface area contributed by atoms with Crippen LogP contribution in [0.1, 0.15) is 98.8 Å². The second-order valence-corrected chi connectivity index (χ2v) is 20.7. The number of carbonyl (C=O) groups is 4. The molecule has 13 nitrogen and oxygen atoms in total. The number of carbonyl (C=O) groups excluding carboxylic acids is 4. The first-order chi connectivity index (χ1) is 27.9. The van der Waals surface area contributed by atoms with Crippen molar-refractivity contribution in [1.29, 1.82) is 0 Å². The number of rotatable bonds is 9. The number of ether oxygens (including phenoxy) is 3. The van der Waals surface area contributed by atoms with Crippen LogP contribution in [0.3, 0.4) is 0 Å². The van der Waals surface area contributed by atoms with Gasteiger partial charge >= 0.3 is 5.97 Å². The van der Waals surface area contributed by atoms with Crippen LogP contribution in [0.2, 0.25) is 0 Å². The van der Waals surface area contributed by atoms with Crippen LogP contribution in [0.5, 0.6) is 11.6 Å². The number of halogens is 1. The molecule has 0 bridgehead atoms. The van der Waals surface area contributed by atoms with Gasteiger partial charge in [-0.2, -0.15) is 0 Å². The zero-order valence-corrected chi connectivity index (χ0v) is 35.9. The third-order valence-corrected chi connectivity index (χ3v) is 15.3. The normalized spacial score (nSPS) is 30.2. The number of sulfonamides is 1. The zero-order chi connectivity index (χ0) is 42.5. The van der Waals surface area contributed by atoms with Crippen LogP contribution in [0.25, 0.3) is 10.8 Å². The third kappa shape index (κ3) is 8.68. The Balaban J connectivity index is 1.24. The number of fused-ring (bicyclic) bond motifs is 5. The van der Waals surface area contributed by atoms with Gasteiger partial charge in [0.1, 0.15) is 29.7 Å². The number of allylic oxidation sites excluding steroid dienone is 2. The molecule has 5 aliphatic rings. The summed E-state index contributed by atoms with van der Waals surface area (Å²) in [4.78, 5) is 65.6. The summed E-state index contributed by atoms with van der Waals surface area (Å²) in [5.74, 6) is -2.31. The second-order valence-electron chi connectivity index (χ2n) is 18.6. The molecule has 0 spiro atoms. The number of ketones is 1. The Morgan fingerprint density at radius 3 is 2.58 bits per heavy atom. The SMILES string of the molecule is CC[C@@H]1C[C@H](C)CC/C=C\[C@@H]2C[C@@]2(C(=O)NS(=O)(=O)C2(CF)CC2)CC(=O)[C@@H]2C[C@@H](Oc3nccc4c5c(ccc34)N(C)CCO5)CN2C(=O)[C@H]1CC(=O)OC(C)(C)C. The van der Waals surface area contributed by atoms with Gasteiger partial charge in [0.15, 0.2) is 11.5 Å². The molecule has 1 aromatic heterocycles. The maximum atomic E-state index is 15.1. The molecule has 15 heteroatoms. The number of likely N-dealkylation sites (N-methyl/N-ethyl adjacent to an activating group) is 1. The lowest BCUT2D eigenvalue weighted by Gasteiger charge is -2.33. The fourth-order valence-corrected chi connectivity index (χ4v) is 10.8. The van der Waals surface area contributed by atoms with Gasteiger partial charge < -0.3 is 24.0 Å². The van der Waals surface area contributed by atoms with E-state index in [0.29, 0.717) is 37.1 Å². The quantitative estimate of drug-likeness (QED) is 0.230. The average Bonchev–Trinajstić information content (AvgIpc) is 4.08. The predicted octanol–water partition coefficient (Wildman–Crippen LogP) is 6.08. The maximum absolute atomic E-state index is 15.1. The number of nitrogens with one attached hydrogen (secondary N) is 1. The summed E-state index contributed by atoms with van der Waals surface area (Å²) in [6.07, 6.45) is 7.60. The second kappa shape index (κ2) is 16.3. The Kier molecular flexibility index (Phi) is 11.8. The standard InChI is InChI=1S/C44H59FN4O9S/c1-7-28-20-27(2)10-8-9-11-29-23-44(29,41(53)47-59(54,55)43(26-45)15-16-43)24-36(50)35-21-30(25-49(35)40(52)33(28)22-37(51)58-42(3,4)5)57-39-32-12-13-34-38(31(32)14-17-46-39)56-19-18-48(34)6/h9,11-14,17,27-30,33,35H,7-8,10,15-16,18-26H2,1-6H3,(H,47,53)/b11-9-/t27-,28-,29-,30-,33+,35+,44-/m1/s1. The number of nitrogens with zero attached hydrogens (tertiary/aromatic N) is 3. The van der Waals surface area contributed by atoms with Crippen LogP contribution in [0.4, 0.5) is 10.1 Å². The summed E-state index contributed by atoms with van der Waals surface area (Å²) >= 11 is 0. The van der Waals surface area contributed by atoms with Crippen molar-refractivity contribution in [3.05, 3.63) is 36.5 Å². The summed E-state index contributed by atoms with van der Waals surface area (Å²) in [6.45, 7) is 9.63. The minimum absolute atomic E-state index is 0.0181. The highest BCUT2D eigenvalue weighted by Crippen LogP contribution is 2.58. The fraction of sp³-hybridized carbons (Fsp3) is 0.659. The molecular formula is C44H59FN4O9S. The van der Waals surface area contributed by atoms with E-state index < -0.39 is 74.1 Å². The zero-order valence-electron chi connectivity index (χ0n) is 35.1. The van der Waals surface area contributed by atoms with Crippen LogP contribution in [0, 0.1) is 29.1 Å². The van der Waals surface area contributed by atoms with Crippen molar-refractivity contribution in [3.63, 3.8) is 0 Å². The summed E-state index contributed by atoms with van der Waals surface area (Å²) in [5.41, 5.74) is -1.22. The van der Waals surface area contributed by atoms with Gasteiger partial charge in [0.2, 0.25) is 27.7 Å². The first-order valence-electron chi connectivity index (χ1n) is 21.2. The molecule has 2 saturated carbocycles. The van der Waals surface area contributed by atoms with Crippen molar-refractivity contribution >= 4 is 50.1 Å². The summed E-state index contributed by atoms with van der Waals surface area (Å²) in [6, 6.07) is 4.69. The van der Waals surface area contributed by atoms with Gasteiger partial charge in [0.25, 0.3) is 0 Å². The molecule has 3 aliphatic heterocycles. The summed E-state index contributed by atoms with van der Waals surface area (Å²) < 4.78 is 59.5. The summed E-state index contributed by atoms with van der Waals surface area (Å²) in [5, 5.41) is 1.52. The van der Waals surface area contributed by atoms with E-state index in [1.165, 1.54) is 4.90 Å². The minimum atomic E-state index is -4.34. The van der Waals surface area contributed by atoms with Crippen molar-refractivity contribution in [2.75, 3.05) is 38.3 Å². The molecule has 7 atom stereocenters. The number of hydrogen-bond acceptors (Lipinski definition) is 11. The van der Waals surface area contributed by atoms with Crippen molar-refractivity contribution < 1.29 is 46.2 Å². The molecule has 4 heterocycles. The Labute approximate surface area is 346 Å². The Morgan fingerprint density at radius 1 is 1.12 bits per heavy atom. The van der Waals surface area contributed by atoms with Crippen molar-refractivity contribution in [3.8, 4) is 11.6 Å². The molecule has 322 valence electrons. The van der Waals surface area contributed by atoms with E-state index in [-0.39, 0.29) is 62.8 Å². The molecule has 0 radical (unpaired) electrons.